The maximum Gasteiger partial charge on any atom is 0.129 e. The highest BCUT2D eigenvalue weighted by Gasteiger charge is 2.09. The number of anilines is 1. The Morgan fingerprint density at radius 3 is 2.17 bits per heavy atom. The van der Waals surface area contributed by atoms with E-state index < -0.39 is 0 Å². The molecule has 0 unspecified atom stereocenters. The van der Waals surface area contributed by atoms with Gasteiger partial charge in [0.05, 0.1) is 0 Å². The Morgan fingerprint density at radius 2 is 1.50 bits per heavy atom. The van der Waals surface area contributed by atoms with Crippen LogP contribution in [0.3, 0.4) is 0 Å². The van der Waals surface area contributed by atoms with Crippen LogP contribution >= 0.6 is 0 Å². The van der Waals surface area contributed by atoms with Gasteiger partial charge in [0, 0.05) is 17.3 Å². The third-order valence-corrected chi connectivity index (χ3v) is 2.33. The molecule has 0 heterocycles. The molecule has 0 aliphatic heterocycles. The molecule has 0 aliphatic carbocycles. The van der Waals surface area contributed by atoms with E-state index in [0.717, 1.165) is 17.2 Å². The van der Waals surface area contributed by atoms with E-state index in [9.17, 15) is 0 Å². The molecule has 0 amide bonds. The third kappa shape index (κ3) is 3.81. The highest BCUT2D eigenvalue weighted by Crippen LogP contribution is 2.25. The zero-order valence-corrected chi connectivity index (χ0v) is 11.1. The maximum atomic E-state index is 5.79. The largest absolute Gasteiger partial charge is 0.457 e. The number of hydrogen-bond donors (Lipinski definition) is 1. The minimum atomic E-state index is 0.0470. The summed E-state index contributed by atoms with van der Waals surface area (Å²) in [6.45, 7) is 6.41. The molecule has 1 N–H and O–H groups in total. The van der Waals surface area contributed by atoms with Gasteiger partial charge in [0.2, 0.25) is 0 Å². The van der Waals surface area contributed by atoms with Crippen LogP contribution in [0.5, 0.6) is 11.5 Å². The van der Waals surface area contributed by atoms with Gasteiger partial charge in [0.1, 0.15) is 11.5 Å². The molecule has 0 saturated heterocycles. The fraction of sp³-hybridized carbons (Fsp3) is 0.250. The van der Waals surface area contributed by atoms with Crippen LogP contribution in [0.4, 0.5) is 5.69 Å². The second kappa shape index (κ2) is 5.13. The van der Waals surface area contributed by atoms with Crippen LogP contribution in [0.25, 0.3) is 0 Å². The van der Waals surface area contributed by atoms with E-state index in [1.807, 2.05) is 54.6 Å². The van der Waals surface area contributed by atoms with Crippen molar-refractivity contribution >= 4 is 5.69 Å². The number of ether oxygens (including phenoxy) is 1. The molecule has 94 valence electrons. The molecular formula is C16H19NO. The normalized spacial score (nSPS) is 11.1. The SMILES string of the molecule is CC(C)(C)Nc1cccc(Oc2ccccc2)c1. The van der Waals surface area contributed by atoms with E-state index in [2.05, 4.69) is 26.1 Å². The van der Waals surface area contributed by atoms with Gasteiger partial charge in [-0.25, -0.2) is 0 Å². The van der Waals surface area contributed by atoms with Gasteiger partial charge in [-0.3, -0.25) is 0 Å². The molecule has 0 aromatic heterocycles. The standard InChI is InChI=1S/C16H19NO/c1-16(2,3)17-13-8-7-11-15(12-13)18-14-9-5-4-6-10-14/h4-12,17H,1-3H3. The van der Waals surface area contributed by atoms with E-state index >= 15 is 0 Å². The summed E-state index contributed by atoms with van der Waals surface area (Å²) in [6.07, 6.45) is 0. The molecule has 2 nitrogen and oxygen atoms in total. The first-order valence-electron chi connectivity index (χ1n) is 6.14. The van der Waals surface area contributed by atoms with E-state index in [1.54, 1.807) is 0 Å². The van der Waals surface area contributed by atoms with Crippen LogP contribution in [-0.4, -0.2) is 5.54 Å². The highest BCUT2D eigenvalue weighted by molar-refractivity contribution is 5.50. The van der Waals surface area contributed by atoms with Crippen molar-refractivity contribution in [2.45, 2.75) is 26.3 Å². The van der Waals surface area contributed by atoms with Crippen molar-refractivity contribution in [1.82, 2.24) is 0 Å². The van der Waals surface area contributed by atoms with Gasteiger partial charge in [0.25, 0.3) is 0 Å². The lowest BCUT2D eigenvalue weighted by Crippen LogP contribution is -2.25. The summed E-state index contributed by atoms with van der Waals surface area (Å²) < 4.78 is 5.79. The monoisotopic (exact) mass is 241 g/mol. The van der Waals surface area contributed by atoms with E-state index in [0.29, 0.717) is 0 Å². The second-order valence-corrected chi connectivity index (χ2v) is 5.32. The second-order valence-electron chi connectivity index (χ2n) is 5.32. The molecular weight excluding hydrogens is 222 g/mol. The summed E-state index contributed by atoms with van der Waals surface area (Å²) in [5.41, 5.74) is 1.11. The van der Waals surface area contributed by atoms with Crippen molar-refractivity contribution < 1.29 is 4.74 Å². The molecule has 2 heteroatoms. The number of hydrogen-bond acceptors (Lipinski definition) is 2. The van der Waals surface area contributed by atoms with Crippen LogP contribution < -0.4 is 10.1 Å². The molecule has 2 aromatic rings. The Morgan fingerprint density at radius 1 is 0.833 bits per heavy atom. The zero-order chi connectivity index (χ0) is 13.0. The predicted octanol–water partition coefficient (Wildman–Crippen LogP) is 4.69. The zero-order valence-electron chi connectivity index (χ0n) is 11.1. The lowest BCUT2D eigenvalue weighted by molar-refractivity contribution is 0.482. The summed E-state index contributed by atoms with van der Waals surface area (Å²) in [6, 6.07) is 17.8. The van der Waals surface area contributed by atoms with Crippen molar-refractivity contribution in [1.29, 1.82) is 0 Å². The summed E-state index contributed by atoms with van der Waals surface area (Å²) in [5, 5.41) is 3.43. The Kier molecular flexibility index (Phi) is 3.56. The van der Waals surface area contributed by atoms with E-state index in [4.69, 9.17) is 4.74 Å². The minimum absolute atomic E-state index is 0.0470. The maximum absolute atomic E-state index is 5.79. The van der Waals surface area contributed by atoms with E-state index in [-0.39, 0.29) is 5.54 Å². The van der Waals surface area contributed by atoms with Crippen molar-refractivity contribution in [2.75, 3.05) is 5.32 Å². The lowest BCUT2D eigenvalue weighted by atomic mass is 10.1. The number of rotatable bonds is 3. The fourth-order valence-corrected chi connectivity index (χ4v) is 1.69. The van der Waals surface area contributed by atoms with Gasteiger partial charge >= 0.3 is 0 Å². The Bertz CT molecular complexity index is 500. The Balaban J connectivity index is 2.13. The Hall–Kier alpha value is -1.96. The first kappa shape index (κ1) is 12.5. The highest BCUT2D eigenvalue weighted by atomic mass is 16.5. The van der Waals surface area contributed by atoms with Crippen LogP contribution in [0.2, 0.25) is 0 Å². The quantitative estimate of drug-likeness (QED) is 0.841. The van der Waals surface area contributed by atoms with Gasteiger partial charge in [-0.15, -0.1) is 0 Å². The molecule has 2 rings (SSSR count). The van der Waals surface area contributed by atoms with Gasteiger partial charge in [-0.1, -0.05) is 24.3 Å². The molecule has 18 heavy (non-hydrogen) atoms. The predicted molar refractivity (Wildman–Crippen MR) is 76.3 cm³/mol. The fourth-order valence-electron chi connectivity index (χ4n) is 1.69. The van der Waals surface area contributed by atoms with Crippen LogP contribution in [0.15, 0.2) is 54.6 Å². The van der Waals surface area contributed by atoms with Crippen LogP contribution in [0, 0.1) is 0 Å². The Labute approximate surface area is 109 Å². The summed E-state index contributed by atoms with van der Waals surface area (Å²) in [4.78, 5) is 0. The first-order chi connectivity index (χ1) is 8.53. The van der Waals surface area contributed by atoms with Crippen LogP contribution in [-0.2, 0) is 0 Å². The van der Waals surface area contributed by atoms with Crippen molar-refractivity contribution in [2.24, 2.45) is 0 Å². The summed E-state index contributed by atoms with van der Waals surface area (Å²) in [7, 11) is 0. The number of benzene rings is 2. The lowest BCUT2D eigenvalue weighted by Gasteiger charge is -2.22. The van der Waals surface area contributed by atoms with Crippen molar-refractivity contribution in [3.8, 4) is 11.5 Å². The first-order valence-corrected chi connectivity index (χ1v) is 6.14. The molecule has 0 spiro atoms. The average Bonchev–Trinajstić information content (AvgIpc) is 2.28. The number of para-hydroxylation sites is 1. The summed E-state index contributed by atoms with van der Waals surface area (Å²) in [5.74, 6) is 1.70. The molecule has 0 bridgehead atoms. The van der Waals surface area contributed by atoms with Gasteiger partial charge in [-0.2, -0.15) is 0 Å². The topological polar surface area (TPSA) is 21.3 Å². The molecule has 0 atom stereocenters. The molecule has 0 saturated carbocycles. The van der Waals surface area contributed by atoms with Gasteiger partial charge < -0.3 is 10.1 Å². The molecule has 0 fully saturated rings. The third-order valence-electron chi connectivity index (χ3n) is 2.33. The van der Waals surface area contributed by atoms with Crippen LogP contribution in [0.1, 0.15) is 20.8 Å². The van der Waals surface area contributed by atoms with E-state index in [1.165, 1.54) is 0 Å². The molecule has 0 aliphatic rings. The van der Waals surface area contributed by atoms with Crippen molar-refractivity contribution in [3.63, 3.8) is 0 Å². The van der Waals surface area contributed by atoms with Gasteiger partial charge in [0.15, 0.2) is 0 Å². The molecule has 0 radical (unpaired) electrons. The number of nitrogens with one attached hydrogen (secondary N) is 1. The van der Waals surface area contributed by atoms with Crippen molar-refractivity contribution in [3.05, 3.63) is 54.6 Å². The summed E-state index contributed by atoms with van der Waals surface area (Å²) >= 11 is 0. The van der Waals surface area contributed by atoms with Gasteiger partial charge in [-0.05, 0) is 45.0 Å². The molecule has 2 aromatic carbocycles. The minimum Gasteiger partial charge on any atom is -0.457 e. The smallest absolute Gasteiger partial charge is 0.129 e. The average molecular weight is 241 g/mol.